The Hall–Kier alpha value is -0.990. The van der Waals surface area contributed by atoms with Crippen molar-refractivity contribution in [3.8, 4) is 0 Å². The van der Waals surface area contributed by atoms with Gasteiger partial charge < -0.3 is 0 Å². The van der Waals surface area contributed by atoms with Gasteiger partial charge in [0, 0.05) is 19.1 Å². The lowest BCUT2D eigenvalue weighted by Crippen LogP contribution is -2.51. The van der Waals surface area contributed by atoms with Crippen LogP contribution in [0.25, 0.3) is 0 Å². The molecule has 0 aromatic heterocycles. The Morgan fingerprint density at radius 2 is 1.73 bits per heavy atom. The van der Waals surface area contributed by atoms with E-state index >= 15 is 0 Å². The molecule has 1 aromatic rings. The maximum atomic E-state index is 14.3. The molecule has 2 fully saturated rings. The molecule has 0 aliphatic carbocycles. The second-order valence-corrected chi connectivity index (χ2v) is 12.4. The largest absolute Gasteiger partial charge is 0.297 e. The van der Waals surface area contributed by atoms with E-state index in [2.05, 4.69) is 13.8 Å². The van der Waals surface area contributed by atoms with Crippen LogP contribution in [-0.4, -0.2) is 57.6 Å². The van der Waals surface area contributed by atoms with E-state index in [-0.39, 0.29) is 10.6 Å². The van der Waals surface area contributed by atoms with Crippen molar-refractivity contribution in [1.82, 2.24) is 4.90 Å². The highest BCUT2D eigenvalue weighted by Crippen LogP contribution is 2.33. The molecule has 0 N–H and O–H groups in total. The predicted molar refractivity (Wildman–Crippen MR) is 99.1 cm³/mol. The van der Waals surface area contributed by atoms with E-state index in [9.17, 15) is 21.2 Å². The summed E-state index contributed by atoms with van der Waals surface area (Å²) in [6, 6.07) is 3.32. The topological polar surface area (TPSA) is 71.5 Å². The van der Waals surface area contributed by atoms with Crippen LogP contribution < -0.4 is 0 Å². The maximum Gasteiger partial charge on any atom is 0.186 e. The van der Waals surface area contributed by atoms with Gasteiger partial charge in [0.1, 0.15) is 10.7 Å². The molecule has 0 saturated carbocycles. The normalized spacial score (nSPS) is 32.6. The number of likely N-dealkylation sites (tertiary alicyclic amines) is 1. The minimum Gasteiger partial charge on any atom is -0.297 e. The van der Waals surface area contributed by atoms with Gasteiger partial charge in [0.25, 0.3) is 0 Å². The fourth-order valence-electron chi connectivity index (χ4n) is 4.41. The van der Waals surface area contributed by atoms with Crippen molar-refractivity contribution in [2.45, 2.75) is 43.4 Å². The minimum absolute atomic E-state index is 0.177. The Kier molecular flexibility index (Phi) is 5.22. The zero-order valence-corrected chi connectivity index (χ0v) is 17.0. The van der Waals surface area contributed by atoms with Gasteiger partial charge in [0.15, 0.2) is 19.7 Å². The van der Waals surface area contributed by atoms with Crippen molar-refractivity contribution in [2.75, 3.05) is 24.6 Å². The standard InChI is InChI=1S/C18H26FNO4S2/c1-12-4-5-15(19)17(7-12)26(23,24)18-11-25(21,22)10-16(18)20-8-13(2)6-14(3)9-20/h4-5,7,13-14,16,18H,6,8-11H2,1-3H3/t13-,14+,16-,18-/m0/s1. The highest BCUT2D eigenvalue weighted by molar-refractivity contribution is 7.96. The third kappa shape index (κ3) is 3.82. The van der Waals surface area contributed by atoms with Crippen LogP contribution in [0.2, 0.25) is 0 Å². The summed E-state index contributed by atoms with van der Waals surface area (Å²) in [6.45, 7) is 7.22. The Morgan fingerprint density at radius 1 is 1.12 bits per heavy atom. The molecule has 4 atom stereocenters. The van der Waals surface area contributed by atoms with Crippen molar-refractivity contribution >= 4 is 19.7 Å². The summed E-state index contributed by atoms with van der Waals surface area (Å²) in [5.41, 5.74) is 0.627. The van der Waals surface area contributed by atoms with Crippen LogP contribution in [0.15, 0.2) is 23.1 Å². The smallest absolute Gasteiger partial charge is 0.186 e. The number of hydrogen-bond donors (Lipinski definition) is 0. The third-order valence-electron chi connectivity index (χ3n) is 5.43. The minimum atomic E-state index is -4.09. The van der Waals surface area contributed by atoms with Crippen molar-refractivity contribution in [1.29, 1.82) is 0 Å². The second kappa shape index (κ2) is 6.87. The van der Waals surface area contributed by atoms with Gasteiger partial charge in [-0.2, -0.15) is 0 Å². The van der Waals surface area contributed by atoms with Gasteiger partial charge in [0.05, 0.1) is 16.8 Å². The van der Waals surface area contributed by atoms with Gasteiger partial charge in [-0.05, 0) is 42.9 Å². The quantitative estimate of drug-likeness (QED) is 0.772. The molecule has 2 aliphatic rings. The molecule has 146 valence electrons. The highest BCUT2D eigenvalue weighted by atomic mass is 32.2. The average Bonchev–Trinajstić information content (AvgIpc) is 2.85. The molecule has 1 aromatic carbocycles. The summed E-state index contributed by atoms with van der Waals surface area (Å²) < 4.78 is 65.2. The predicted octanol–water partition coefficient (Wildman–Crippen LogP) is 2.05. The molecule has 2 aliphatic heterocycles. The number of halogens is 1. The molecule has 2 saturated heterocycles. The van der Waals surface area contributed by atoms with E-state index < -0.39 is 42.5 Å². The van der Waals surface area contributed by atoms with E-state index in [1.165, 1.54) is 12.1 Å². The van der Waals surface area contributed by atoms with E-state index in [0.717, 1.165) is 12.5 Å². The first-order chi connectivity index (χ1) is 12.0. The molecular weight excluding hydrogens is 377 g/mol. The number of benzene rings is 1. The van der Waals surface area contributed by atoms with Crippen LogP contribution in [0.5, 0.6) is 0 Å². The van der Waals surface area contributed by atoms with E-state index in [1.807, 2.05) is 4.90 Å². The zero-order valence-electron chi connectivity index (χ0n) is 15.4. The molecule has 5 nitrogen and oxygen atoms in total. The van der Waals surface area contributed by atoms with Crippen molar-refractivity contribution in [3.05, 3.63) is 29.6 Å². The highest BCUT2D eigenvalue weighted by Gasteiger charge is 2.49. The summed E-state index contributed by atoms with van der Waals surface area (Å²) in [4.78, 5) is 1.61. The van der Waals surface area contributed by atoms with Crippen molar-refractivity contribution < 1.29 is 21.2 Å². The number of hydrogen-bond acceptors (Lipinski definition) is 5. The first-order valence-electron chi connectivity index (χ1n) is 8.94. The van der Waals surface area contributed by atoms with Crippen LogP contribution >= 0.6 is 0 Å². The molecule has 0 bridgehead atoms. The maximum absolute atomic E-state index is 14.3. The summed E-state index contributed by atoms with van der Waals surface area (Å²) in [7, 11) is -7.58. The van der Waals surface area contributed by atoms with Crippen LogP contribution in [0.4, 0.5) is 4.39 Å². The number of nitrogens with zero attached hydrogens (tertiary/aromatic N) is 1. The number of rotatable bonds is 3. The summed E-state index contributed by atoms with van der Waals surface area (Å²) >= 11 is 0. The molecule has 26 heavy (non-hydrogen) atoms. The average molecular weight is 404 g/mol. The first kappa shape index (κ1) is 19.8. The Labute approximate surface area is 155 Å². The first-order valence-corrected chi connectivity index (χ1v) is 12.3. The SMILES string of the molecule is Cc1ccc(F)c(S(=O)(=O)[C@H]2CS(=O)(=O)C[C@@H]2N2C[C@H](C)C[C@H](C)C2)c1. The Balaban J connectivity index is 2.01. The summed E-state index contributed by atoms with van der Waals surface area (Å²) in [5.74, 6) is -0.683. The summed E-state index contributed by atoms with van der Waals surface area (Å²) in [5, 5.41) is -1.12. The van der Waals surface area contributed by atoms with Crippen LogP contribution in [0.3, 0.4) is 0 Å². The number of sulfone groups is 2. The van der Waals surface area contributed by atoms with Gasteiger partial charge in [-0.25, -0.2) is 21.2 Å². The van der Waals surface area contributed by atoms with E-state index in [4.69, 9.17) is 0 Å². The van der Waals surface area contributed by atoms with Crippen LogP contribution in [0.1, 0.15) is 25.8 Å². The van der Waals surface area contributed by atoms with Gasteiger partial charge in [-0.1, -0.05) is 19.9 Å². The molecule has 0 amide bonds. The fourth-order valence-corrected chi connectivity index (χ4v) is 9.39. The van der Waals surface area contributed by atoms with Gasteiger partial charge in [-0.3, -0.25) is 4.90 Å². The third-order valence-corrected chi connectivity index (χ3v) is 9.56. The van der Waals surface area contributed by atoms with E-state index in [1.54, 1.807) is 6.92 Å². The fraction of sp³-hybridized carbons (Fsp3) is 0.667. The van der Waals surface area contributed by atoms with Crippen LogP contribution in [0, 0.1) is 24.6 Å². The number of piperidine rings is 1. The lowest BCUT2D eigenvalue weighted by molar-refractivity contribution is 0.107. The van der Waals surface area contributed by atoms with Gasteiger partial charge >= 0.3 is 0 Å². The van der Waals surface area contributed by atoms with Crippen molar-refractivity contribution in [2.24, 2.45) is 11.8 Å². The molecule has 2 heterocycles. The van der Waals surface area contributed by atoms with Gasteiger partial charge in [0.2, 0.25) is 0 Å². The Morgan fingerprint density at radius 3 is 2.35 bits per heavy atom. The van der Waals surface area contributed by atoms with Crippen LogP contribution in [-0.2, 0) is 19.7 Å². The van der Waals surface area contributed by atoms with Crippen molar-refractivity contribution in [3.63, 3.8) is 0 Å². The van der Waals surface area contributed by atoms with E-state index in [0.29, 0.717) is 30.5 Å². The number of aryl methyl sites for hydroxylation is 1. The molecule has 0 unspecified atom stereocenters. The zero-order chi connectivity index (χ0) is 19.3. The second-order valence-electron chi connectivity index (χ2n) is 8.06. The monoisotopic (exact) mass is 403 g/mol. The lowest BCUT2D eigenvalue weighted by Gasteiger charge is -2.40. The molecule has 0 radical (unpaired) electrons. The molecule has 8 heteroatoms. The van der Waals surface area contributed by atoms with Gasteiger partial charge in [-0.15, -0.1) is 0 Å². The molecule has 0 spiro atoms. The molecule has 3 rings (SSSR count). The Bertz CT molecular complexity index is 888. The lowest BCUT2D eigenvalue weighted by atomic mass is 9.91. The molecular formula is C18H26FNO4S2. The summed E-state index contributed by atoms with van der Waals surface area (Å²) in [6.07, 6.45) is 1.04.